The lowest BCUT2D eigenvalue weighted by Gasteiger charge is -2.03. The molecule has 0 atom stereocenters. The summed E-state index contributed by atoms with van der Waals surface area (Å²) in [7, 11) is 0. The molecule has 0 aliphatic carbocycles. The summed E-state index contributed by atoms with van der Waals surface area (Å²) in [5, 5.41) is 12.0. The van der Waals surface area contributed by atoms with E-state index in [1.54, 1.807) is 0 Å². The van der Waals surface area contributed by atoms with Crippen LogP contribution in [0.15, 0.2) is 30.3 Å². The highest BCUT2D eigenvalue weighted by molar-refractivity contribution is 5.50. The molecule has 0 radical (unpaired) electrons. The van der Waals surface area contributed by atoms with E-state index in [1.165, 1.54) is 0 Å². The average Bonchev–Trinajstić information content (AvgIpc) is 2.29. The Morgan fingerprint density at radius 2 is 2.00 bits per heavy atom. The molecule has 1 aromatic carbocycles. The van der Waals surface area contributed by atoms with Crippen LogP contribution in [0.1, 0.15) is 25.0 Å². The number of rotatable bonds is 5. The van der Waals surface area contributed by atoms with E-state index in [0.717, 1.165) is 18.7 Å². The van der Waals surface area contributed by atoms with Crippen LogP contribution in [-0.2, 0) is 0 Å². The van der Waals surface area contributed by atoms with Gasteiger partial charge in [-0.05, 0) is 30.2 Å². The quantitative estimate of drug-likeness (QED) is 0.765. The first-order valence-corrected chi connectivity index (χ1v) is 5.60. The van der Waals surface area contributed by atoms with E-state index in [1.807, 2.05) is 24.3 Å². The van der Waals surface area contributed by atoms with E-state index in [2.05, 4.69) is 37.4 Å². The number of hydrogen-bond acceptors (Lipinski definition) is 2. The van der Waals surface area contributed by atoms with Gasteiger partial charge in [0.1, 0.15) is 0 Å². The fourth-order valence-corrected chi connectivity index (χ4v) is 1.32. The van der Waals surface area contributed by atoms with Crippen molar-refractivity contribution >= 4 is 6.08 Å². The predicted octanol–water partition coefficient (Wildman–Crippen LogP) is 2.82. The zero-order chi connectivity index (χ0) is 11.8. The van der Waals surface area contributed by atoms with Gasteiger partial charge in [-0.3, -0.25) is 0 Å². The third kappa shape index (κ3) is 4.77. The van der Waals surface area contributed by atoms with E-state index < -0.39 is 0 Å². The summed E-state index contributed by atoms with van der Waals surface area (Å²) < 4.78 is 0. The van der Waals surface area contributed by atoms with Gasteiger partial charge in [-0.1, -0.05) is 38.1 Å². The lowest BCUT2D eigenvalue weighted by atomic mass is 10.1. The minimum Gasteiger partial charge on any atom is -0.313 e. The molecule has 0 aliphatic rings. The van der Waals surface area contributed by atoms with Gasteiger partial charge in [-0.2, -0.15) is 5.26 Å². The Bertz CT molecular complexity index is 369. The third-order valence-electron chi connectivity index (χ3n) is 2.16. The van der Waals surface area contributed by atoms with Crippen molar-refractivity contribution in [2.24, 2.45) is 5.92 Å². The maximum absolute atomic E-state index is 8.65. The van der Waals surface area contributed by atoms with Crippen LogP contribution >= 0.6 is 0 Å². The number of nitrogens with zero attached hydrogens (tertiary/aromatic N) is 1. The van der Waals surface area contributed by atoms with Crippen molar-refractivity contribution in [3.05, 3.63) is 41.5 Å². The summed E-state index contributed by atoms with van der Waals surface area (Å²) in [6, 6.07) is 9.69. The molecular weight excluding hydrogens is 196 g/mol. The molecule has 0 amide bonds. The summed E-state index contributed by atoms with van der Waals surface area (Å²) in [5.74, 6) is 0.684. The molecule has 0 aromatic heterocycles. The van der Waals surface area contributed by atoms with Gasteiger partial charge in [-0.15, -0.1) is 0 Å². The summed E-state index contributed by atoms with van der Waals surface area (Å²) in [5.41, 5.74) is 1.83. The molecule has 2 heteroatoms. The van der Waals surface area contributed by atoms with Gasteiger partial charge in [0.25, 0.3) is 0 Å². The van der Waals surface area contributed by atoms with Gasteiger partial charge in [0.15, 0.2) is 0 Å². The second-order valence-electron chi connectivity index (χ2n) is 4.19. The van der Waals surface area contributed by atoms with Crippen molar-refractivity contribution in [2.75, 3.05) is 13.1 Å². The van der Waals surface area contributed by atoms with Crippen LogP contribution < -0.4 is 5.32 Å². The van der Waals surface area contributed by atoms with E-state index in [-0.39, 0.29) is 0 Å². The first kappa shape index (κ1) is 12.5. The van der Waals surface area contributed by atoms with Crippen molar-refractivity contribution in [2.45, 2.75) is 13.8 Å². The van der Waals surface area contributed by atoms with Crippen molar-refractivity contribution in [3.63, 3.8) is 0 Å². The van der Waals surface area contributed by atoms with Gasteiger partial charge in [-0.25, -0.2) is 0 Å². The van der Waals surface area contributed by atoms with Gasteiger partial charge >= 0.3 is 0 Å². The standard InChI is InChI=1S/C14H18N2/c1-12(2)11-16-9-3-4-13-5-7-14(10-15)8-6-13/h3-8,12,16H,9,11H2,1-2H3. The topological polar surface area (TPSA) is 35.8 Å². The average molecular weight is 214 g/mol. The molecule has 84 valence electrons. The molecule has 1 N–H and O–H groups in total. The highest BCUT2D eigenvalue weighted by Gasteiger charge is 1.91. The Balaban J connectivity index is 2.36. The lowest BCUT2D eigenvalue weighted by Crippen LogP contribution is -2.19. The van der Waals surface area contributed by atoms with Gasteiger partial charge in [0.2, 0.25) is 0 Å². The molecule has 0 unspecified atom stereocenters. The summed E-state index contributed by atoms with van der Waals surface area (Å²) >= 11 is 0. The Morgan fingerprint density at radius 3 is 2.56 bits per heavy atom. The van der Waals surface area contributed by atoms with Gasteiger partial charge in [0, 0.05) is 6.54 Å². The summed E-state index contributed by atoms with van der Waals surface area (Å²) in [6.45, 7) is 6.31. The molecule has 0 fully saturated rings. The van der Waals surface area contributed by atoms with Gasteiger partial charge < -0.3 is 5.32 Å². The van der Waals surface area contributed by atoms with Crippen molar-refractivity contribution in [1.82, 2.24) is 5.32 Å². The minimum absolute atomic E-state index is 0.684. The molecule has 2 nitrogen and oxygen atoms in total. The normalized spacial score (nSPS) is 10.9. The van der Waals surface area contributed by atoms with Crippen molar-refractivity contribution in [3.8, 4) is 6.07 Å². The Hall–Kier alpha value is -1.59. The molecule has 0 heterocycles. The number of nitriles is 1. The SMILES string of the molecule is CC(C)CNCC=Cc1ccc(C#N)cc1. The van der Waals surface area contributed by atoms with Crippen molar-refractivity contribution in [1.29, 1.82) is 5.26 Å². The predicted molar refractivity (Wildman–Crippen MR) is 67.9 cm³/mol. The Labute approximate surface area is 97.6 Å². The van der Waals surface area contributed by atoms with Crippen LogP contribution in [0.4, 0.5) is 0 Å². The minimum atomic E-state index is 0.684. The molecule has 0 aliphatic heterocycles. The largest absolute Gasteiger partial charge is 0.313 e. The molecule has 0 bridgehead atoms. The number of benzene rings is 1. The first-order valence-electron chi connectivity index (χ1n) is 5.60. The zero-order valence-corrected chi connectivity index (χ0v) is 9.90. The fraction of sp³-hybridized carbons (Fsp3) is 0.357. The van der Waals surface area contributed by atoms with Crippen LogP contribution in [0.2, 0.25) is 0 Å². The second-order valence-corrected chi connectivity index (χ2v) is 4.19. The molecule has 1 rings (SSSR count). The van der Waals surface area contributed by atoms with Crippen molar-refractivity contribution < 1.29 is 0 Å². The fourth-order valence-electron chi connectivity index (χ4n) is 1.32. The summed E-state index contributed by atoms with van der Waals surface area (Å²) in [6.07, 6.45) is 4.16. The number of hydrogen-bond donors (Lipinski definition) is 1. The van der Waals surface area contributed by atoms with Crippen LogP contribution in [-0.4, -0.2) is 13.1 Å². The van der Waals surface area contributed by atoms with Crippen LogP contribution in [0.5, 0.6) is 0 Å². The monoisotopic (exact) mass is 214 g/mol. The smallest absolute Gasteiger partial charge is 0.0991 e. The maximum Gasteiger partial charge on any atom is 0.0991 e. The first-order chi connectivity index (χ1) is 7.72. The lowest BCUT2D eigenvalue weighted by molar-refractivity contribution is 0.577. The second kappa shape index (κ2) is 6.81. The molecule has 0 saturated heterocycles. The zero-order valence-electron chi connectivity index (χ0n) is 9.90. The molecular formula is C14H18N2. The molecule has 0 saturated carbocycles. The van der Waals surface area contributed by atoms with E-state index in [9.17, 15) is 0 Å². The molecule has 16 heavy (non-hydrogen) atoms. The van der Waals surface area contributed by atoms with Gasteiger partial charge in [0.05, 0.1) is 11.6 Å². The Kier molecular flexibility index (Phi) is 5.31. The molecule has 1 aromatic rings. The highest BCUT2D eigenvalue weighted by Crippen LogP contribution is 2.04. The summed E-state index contributed by atoms with van der Waals surface area (Å²) in [4.78, 5) is 0. The van der Waals surface area contributed by atoms with E-state index in [4.69, 9.17) is 5.26 Å². The van der Waals surface area contributed by atoms with Crippen LogP contribution in [0.25, 0.3) is 6.08 Å². The van der Waals surface area contributed by atoms with E-state index in [0.29, 0.717) is 11.5 Å². The van der Waals surface area contributed by atoms with Crippen LogP contribution in [0, 0.1) is 17.2 Å². The molecule has 0 spiro atoms. The number of nitrogens with one attached hydrogen (secondary N) is 1. The van der Waals surface area contributed by atoms with E-state index >= 15 is 0 Å². The third-order valence-corrected chi connectivity index (χ3v) is 2.16. The Morgan fingerprint density at radius 1 is 1.31 bits per heavy atom. The highest BCUT2D eigenvalue weighted by atomic mass is 14.8. The maximum atomic E-state index is 8.65. The van der Waals surface area contributed by atoms with Crippen LogP contribution in [0.3, 0.4) is 0 Å².